The third-order valence-electron chi connectivity index (χ3n) is 4.61. The van der Waals surface area contributed by atoms with Crippen LogP contribution in [-0.4, -0.2) is 17.6 Å². The number of nitrogens with two attached hydrogens (primary N) is 1. The molecule has 1 aromatic carbocycles. The smallest absolute Gasteiger partial charge is 0.170 e. The normalized spacial score (nSPS) is 19.2. The molecule has 0 spiro atoms. The van der Waals surface area contributed by atoms with E-state index in [-0.39, 0.29) is 5.84 Å². The Morgan fingerprint density at radius 3 is 2.52 bits per heavy atom. The highest BCUT2D eigenvalue weighted by atomic mass is 35.5. The third kappa shape index (κ3) is 3.69. The second-order valence-electron chi connectivity index (χ2n) is 6.26. The summed E-state index contributed by atoms with van der Waals surface area (Å²) in [5.74, 6) is 2.87. The molecule has 0 aliphatic heterocycles. The van der Waals surface area contributed by atoms with Gasteiger partial charge in [-0.3, -0.25) is 0 Å². The predicted octanol–water partition coefficient (Wildman–Crippen LogP) is 2.96. The molecule has 4 nitrogen and oxygen atoms in total. The predicted molar refractivity (Wildman–Crippen MR) is 84.6 cm³/mol. The molecule has 21 heavy (non-hydrogen) atoms. The van der Waals surface area contributed by atoms with Gasteiger partial charge in [-0.15, -0.1) is 0 Å². The van der Waals surface area contributed by atoms with Crippen LogP contribution in [0.2, 0.25) is 5.02 Å². The maximum atomic E-state index is 8.67. The summed E-state index contributed by atoms with van der Waals surface area (Å²) in [6, 6.07) is 5.51. The van der Waals surface area contributed by atoms with Crippen molar-refractivity contribution in [2.45, 2.75) is 32.2 Å². The summed E-state index contributed by atoms with van der Waals surface area (Å²) in [4.78, 5) is 0. The molecule has 0 aromatic heterocycles. The maximum absolute atomic E-state index is 8.67. The Morgan fingerprint density at radius 2 is 2.00 bits per heavy atom. The van der Waals surface area contributed by atoms with Gasteiger partial charge in [-0.2, -0.15) is 0 Å². The molecule has 2 saturated carbocycles. The fourth-order valence-corrected chi connectivity index (χ4v) is 3.30. The van der Waals surface area contributed by atoms with E-state index in [1.807, 2.05) is 12.1 Å². The van der Waals surface area contributed by atoms with Crippen molar-refractivity contribution in [2.24, 2.45) is 28.6 Å². The average Bonchev–Trinajstić information content (AvgIpc) is 3.37. The minimum absolute atomic E-state index is 0.0824. The number of nitrogens with one attached hydrogen (secondary N) is 1. The van der Waals surface area contributed by atoms with E-state index in [0.29, 0.717) is 10.6 Å². The van der Waals surface area contributed by atoms with Crippen molar-refractivity contribution in [3.8, 4) is 0 Å². The molecule has 0 atom stereocenters. The maximum Gasteiger partial charge on any atom is 0.170 e. The Morgan fingerprint density at radius 1 is 1.33 bits per heavy atom. The summed E-state index contributed by atoms with van der Waals surface area (Å²) < 4.78 is 0. The van der Waals surface area contributed by atoms with Crippen LogP contribution in [0.25, 0.3) is 0 Å². The molecule has 4 N–H and O–H groups in total. The molecule has 5 heteroatoms. The van der Waals surface area contributed by atoms with Crippen LogP contribution in [0.5, 0.6) is 0 Å². The number of oxime groups is 1. The summed E-state index contributed by atoms with van der Waals surface area (Å²) in [6.45, 7) is 1.86. The third-order valence-corrected chi connectivity index (χ3v) is 4.96. The first kappa shape index (κ1) is 14.7. The lowest BCUT2D eigenvalue weighted by molar-refractivity contribution is 0.318. The van der Waals surface area contributed by atoms with Crippen LogP contribution in [0.1, 0.15) is 36.8 Å². The van der Waals surface area contributed by atoms with Gasteiger partial charge in [0.2, 0.25) is 0 Å². The molecular formula is C16H22ClN3O. The topological polar surface area (TPSA) is 70.6 Å². The molecule has 0 saturated heterocycles. The van der Waals surface area contributed by atoms with Crippen LogP contribution < -0.4 is 11.1 Å². The fourth-order valence-electron chi connectivity index (χ4n) is 3.05. The van der Waals surface area contributed by atoms with Crippen molar-refractivity contribution in [3.05, 3.63) is 34.3 Å². The van der Waals surface area contributed by atoms with Crippen molar-refractivity contribution >= 4 is 17.4 Å². The Hall–Kier alpha value is -1.26. The highest BCUT2D eigenvalue weighted by Gasteiger charge is 2.40. The lowest BCUT2D eigenvalue weighted by Crippen LogP contribution is -2.25. The largest absolute Gasteiger partial charge is 0.409 e. The van der Waals surface area contributed by atoms with Crippen molar-refractivity contribution < 1.29 is 5.21 Å². The first-order valence-corrected chi connectivity index (χ1v) is 8.04. The van der Waals surface area contributed by atoms with Gasteiger partial charge in [0.1, 0.15) is 0 Å². The van der Waals surface area contributed by atoms with E-state index in [4.69, 9.17) is 22.5 Å². The van der Waals surface area contributed by atoms with Crippen LogP contribution >= 0.6 is 11.6 Å². The summed E-state index contributed by atoms with van der Waals surface area (Å²) in [5.41, 5.74) is 7.25. The van der Waals surface area contributed by atoms with Crippen LogP contribution in [0.4, 0.5) is 0 Å². The zero-order chi connectivity index (χ0) is 14.8. The first-order valence-electron chi connectivity index (χ1n) is 7.66. The minimum Gasteiger partial charge on any atom is -0.409 e. The van der Waals surface area contributed by atoms with E-state index in [2.05, 4.69) is 10.5 Å². The molecule has 0 bridgehead atoms. The summed E-state index contributed by atoms with van der Waals surface area (Å²) in [5, 5.41) is 15.9. The number of rotatable bonds is 7. The van der Waals surface area contributed by atoms with E-state index >= 15 is 0 Å². The van der Waals surface area contributed by atoms with Crippen LogP contribution in [0, 0.1) is 17.8 Å². The standard InChI is InChI=1S/C16H22ClN3O/c17-15-7-12(16(18)20-21)5-6-13(15)8-19-9-14(10-1-2-10)11-3-4-11/h5-7,10-11,14,19,21H,1-4,8-9H2,(H2,18,20). The molecular weight excluding hydrogens is 286 g/mol. The molecule has 0 unspecified atom stereocenters. The van der Waals surface area contributed by atoms with E-state index in [9.17, 15) is 0 Å². The van der Waals surface area contributed by atoms with Crippen molar-refractivity contribution in [1.82, 2.24) is 5.32 Å². The van der Waals surface area contributed by atoms with Gasteiger partial charge in [-0.1, -0.05) is 28.9 Å². The van der Waals surface area contributed by atoms with Gasteiger partial charge in [0, 0.05) is 17.1 Å². The Kier molecular flexibility index (Phi) is 4.36. The minimum atomic E-state index is 0.0824. The van der Waals surface area contributed by atoms with Crippen LogP contribution in [-0.2, 0) is 6.54 Å². The van der Waals surface area contributed by atoms with Crippen molar-refractivity contribution in [3.63, 3.8) is 0 Å². The quantitative estimate of drug-likeness (QED) is 0.314. The molecule has 2 aliphatic carbocycles. The number of amidine groups is 1. The summed E-state index contributed by atoms with van der Waals surface area (Å²) >= 11 is 6.26. The van der Waals surface area contributed by atoms with E-state index in [0.717, 1.165) is 36.4 Å². The summed E-state index contributed by atoms with van der Waals surface area (Å²) in [7, 11) is 0. The highest BCUT2D eigenvalue weighted by Crippen LogP contribution is 2.48. The summed E-state index contributed by atoms with van der Waals surface area (Å²) in [6.07, 6.45) is 5.66. The fraction of sp³-hybridized carbons (Fsp3) is 0.562. The van der Waals surface area contributed by atoms with Gasteiger partial charge in [0.25, 0.3) is 0 Å². The molecule has 2 fully saturated rings. The Bertz CT molecular complexity index is 526. The molecule has 0 radical (unpaired) electrons. The monoisotopic (exact) mass is 307 g/mol. The van der Waals surface area contributed by atoms with E-state index in [1.54, 1.807) is 6.07 Å². The second-order valence-corrected chi connectivity index (χ2v) is 6.67. The zero-order valence-electron chi connectivity index (χ0n) is 12.1. The average molecular weight is 308 g/mol. The second kappa shape index (κ2) is 6.24. The Labute approximate surface area is 130 Å². The van der Waals surface area contributed by atoms with Crippen LogP contribution in [0.3, 0.4) is 0 Å². The van der Waals surface area contributed by atoms with Gasteiger partial charge in [0.15, 0.2) is 5.84 Å². The number of halogens is 1. The molecule has 114 valence electrons. The zero-order valence-corrected chi connectivity index (χ0v) is 12.8. The van der Waals surface area contributed by atoms with Gasteiger partial charge < -0.3 is 16.3 Å². The number of nitrogens with zero attached hydrogens (tertiary/aromatic N) is 1. The lowest BCUT2D eigenvalue weighted by atomic mass is 9.98. The molecule has 2 aliphatic rings. The van der Waals surface area contributed by atoms with E-state index in [1.165, 1.54) is 25.7 Å². The lowest BCUT2D eigenvalue weighted by Gasteiger charge is -2.16. The molecule has 1 aromatic rings. The van der Waals surface area contributed by atoms with Gasteiger partial charge >= 0.3 is 0 Å². The Balaban J connectivity index is 1.55. The number of benzene rings is 1. The van der Waals surface area contributed by atoms with Gasteiger partial charge in [-0.25, -0.2) is 0 Å². The first-order chi connectivity index (χ1) is 10.2. The van der Waals surface area contributed by atoms with Crippen molar-refractivity contribution in [1.29, 1.82) is 0 Å². The molecule has 0 amide bonds. The number of hydrogen-bond acceptors (Lipinski definition) is 3. The highest BCUT2D eigenvalue weighted by molar-refractivity contribution is 6.31. The molecule has 3 rings (SSSR count). The van der Waals surface area contributed by atoms with Gasteiger partial charge in [0.05, 0.1) is 0 Å². The molecule has 0 heterocycles. The number of hydrogen-bond donors (Lipinski definition) is 3. The van der Waals surface area contributed by atoms with Crippen LogP contribution in [0.15, 0.2) is 23.4 Å². The van der Waals surface area contributed by atoms with Crippen molar-refractivity contribution in [2.75, 3.05) is 6.54 Å². The van der Waals surface area contributed by atoms with E-state index < -0.39 is 0 Å². The SMILES string of the molecule is N/C(=N/O)c1ccc(CNCC(C2CC2)C2CC2)c(Cl)c1. The van der Waals surface area contributed by atoms with Gasteiger partial charge in [-0.05, 0) is 61.6 Å².